The summed E-state index contributed by atoms with van der Waals surface area (Å²) in [7, 11) is 1.59. The van der Waals surface area contributed by atoms with Gasteiger partial charge in [0.2, 0.25) is 5.91 Å². The van der Waals surface area contributed by atoms with Crippen molar-refractivity contribution < 1.29 is 18.7 Å². The lowest BCUT2D eigenvalue weighted by Gasteiger charge is -2.27. The zero-order valence-corrected chi connectivity index (χ0v) is 16.1. The van der Waals surface area contributed by atoms with Gasteiger partial charge in [-0.25, -0.2) is 0 Å². The Morgan fingerprint density at radius 3 is 2.93 bits per heavy atom. The zero-order valence-electron chi connectivity index (χ0n) is 16.1. The quantitative estimate of drug-likeness (QED) is 0.667. The van der Waals surface area contributed by atoms with Crippen molar-refractivity contribution in [2.24, 2.45) is 0 Å². The van der Waals surface area contributed by atoms with E-state index in [-0.39, 0.29) is 24.8 Å². The molecule has 1 aliphatic rings. The summed E-state index contributed by atoms with van der Waals surface area (Å²) in [6, 6.07) is 11.0. The molecule has 0 saturated carbocycles. The maximum Gasteiger partial charge on any atom is 0.272 e. The molecule has 8 nitrogen and oxygen atoms in total. The van der Waals surface area contributed by atoms with Gasteiger partial charge in [0.25, 0.3) is 5.91 Å². The third kappa shape index (κ3) is 4.01. The van der Waals surface area contributed by atoms with Gasteiger partial charge in [0.05, 0.1) is 26.3 Å². The highest BCUT2D eigenvalue weighted by Gasteiger charge is 2.28. The molecule has 0 radical (unpaired) electrons. The van der Waals surface area contributed by atoms with Crippen molar-refractivity contribution in [1.82, 2.24) is 20.4 Å². The molecule has 150 valence electrons. The van der Waals surface area contributed by atoms with Gasteiger partial charge in [0.1, 0.15) is 11.5 Å². The van der Waals surface area contributed by atoms with Gasteiger partial charge < -0.3 is 19.4 Å². The van der Waals surface area contributed by atoms with Crippen molar-refractivity contribution in [1.29, 1.82) is 0 Å². The average molecular weight is 394 g/mol. The molecule has 0 bridgehead atoms. The first-order valence-corrected chi connectivity index (χ1v) is 9.42. The summed E-state index contributed by atoms with van der Waals surface area (Å²) in [5.74, 6) is 1.05. The fraction of sp³-hybridized carbons (Fsp3) is 0.286. The first kappa shape index (κ1) is 18.8. The standard InChI is InChI=1S/C21H22N4O4/c1-28-18-7-3-2-5-14(18)11-19(26)25-9-8-17-16(13-25)20(24-23-17)21(27)22-12-15-6-4-10-29-15/h2-7,10H,8-9,11-13H2,1H3,(H,22,27)(H,23,24). The summed E-state index contributed by atoms with van der Waals surface area (Å²) in [4.78, 5) is 27.2. The minimum atomic E-state index is -0.294. The molecule has 0 saturated heterocycles. The fourth-order valence-electron chi connectivity index (χ4n) is 3.48. The van der Waals surface area contributed by atoms with Crippen LogP contribution in [0, 0.1) is 0 Å². The van der Waals surface area contributed by atoms with Crippen LogP contribution in [0.5, 0.6) is 5.75 Å². The molecule has 0 fully saturated rings. The number of rotatable bonds is 6. The number of fused-ring (bicyclic) bond motifs is 1. The Bertz CT molecular complexity index is 1010. The van der Waals surface area contributed by atoms with Gasteiger partial charge in [-0.3, -0.25) is 14.7 Å². The van der Waals surface area contributed by atoms with Crippen LogP contribution < -0.4 is 10.1 Å². The lowest BCUT2D eigenvalue weighted by molar-refractivity contribution is -0.131. The molecular formula is C21H22N4O4. The zero-order chi connectivity index (χ0) is 20.2. The number of amides is 2. The average Bonchev–Trinajstić information content (AvgIpc) is 3.41. The number of nitrogens with one attached hydrogen (secondary N) is 2. The number of hydrogen-bond donors (Lipinski definition) is 2. The van der Waals surface area contributed by atoms with E-state index in [2.05, 4.69) is 15.5 Å². The molecule has 1 aliphatic heterocycles. The van der Waals surface area contributed by atoms with E-state index in [4.69, 9.17) is 9.15 Å². The van der Waals surface area contributed by atoms with E-state index < -0.39 is 0 Å². The van der Waals surface area contributed by atoms with Gasteiger partial charge in [0, 0.05) is 36.3 Å². The molecule has 29 heavy (non-hydrogen) atoms. The molecule has 4 rings (SSSR count). The highest BCUT2D eigenvalue weighted by Crippen LogP contribution is 2.23. The number of para-hydroxylation sites is 1. The lowest BCUT2D eigenvalue weighted by Crippen LogP contribution is -2.37. The number of ether oxygens (including phenoxy) is 1. The third-order valence-electron chi connectivity index (χ3n) is 5.04. The van der Waals surface area contributed by atoms with Crippen LogP contribution in [-0.2, 0) is 30.7 Å². The predicted octanol–water partition coefficient (Wildman–Crippen LogP) is 2.07. The van der Waals surface area contributed by atoms with Crippen LogP contribution in [0.2, 0.25) is 0 Å². The second kappa shape index (κ2) is 8.22. The van der Waals surface area contributed by atoms with Crippen LogP contribution in [0.25, 0.3) is 0 Å². The number of nitrogens with zero attached hydrogens (tertiary/aromatic N) is 2. The number of furan rings is 1. The van der Waals surface area contributed by atoms with Gasteiger partial charge in [-0.15, -0.1) is 0 Å². The number of carbonyl (C=O) groups excluding carboxylic acids is 2. The molecule has 1 aromatic carbocycles. The van der Waals surface area contributed by atoms with Crippen molar-refractivity contribution >= 4 is 11.8 Å². The molecular weight excluding hydrogens is 372 g/mol. The van der Waals surface area contributed by atoms with E-state index >= 15 is 0 Å². The Morgan fingerprint density at radius 1 is 1.28 bits per heavy atom. The smallest absolute Gasteiger partial charge is 0.272 e. The first-order chi connectivity index (χ1) is 14.2. The van der Waals surface area contributed by atoms with Crippen LogP contribution in [-0.4, -0.2) is 40.6 Å². The highest BCUT2D eigenvalue weighted by molar-refractivity contribution is 5.94. The molecule has 3 heterocycles. The Balaban J connectivity index is 1.44. The van der Waals surface area contributed by atoms with Crippen molar-refractivity contribution in [3.05, 3.63) is 70.9 Å². The van der Waals surface area contributed by atoms with Crippen LogP contribution in [0.1, 0.15) is 33.1 Å². The van der Waals surface area contributed by atoms with Gasteiger partial charge in [-0.1, -0.05) is 18.2 Å². The summed E-state index contributed by atoms with van der Waals surface area (Å²) in [5.41, 5.74) is 2.83. The maximum atomic E-state index is 12.9. The Morgan fingerprint density at radius 2 is 2.14 bits per heavy atom. The van der Waals surface area contributed by atoms with Gasteiger partial charge in [0.15, 0.2) is 5.69 Å². The number of carbonyl (C=O) groups is 2. The van der Waals surface area contributed by atoms with E-state index in [1.807, 2.05) is 24.3 Å². The monoisotopic (exact) mass is 394 g/mol. The molecule has 2 N–H and O–H groups in total. The van der Waals surface area contributed by atoms with E-state index in [0.29, 0.717) is 36.7 Å². The number of hydrogen-bond acceptors (Lipinski definition) is 5. The normalized spacial score (nSPS) is 13.1. The van der Waals surface area contributed by atoms with E-state index in [1.165, 1.54) is 0 Å². The molecule has 8 heteroatoms. The SMILES string of the molecule is COc1ccccc1CC(=O)N1CCc2[nH]nc(C(=O)NCc3ccco3)c2C1. The van der Waals surface area contributed by atoms with Crippen molar-refractivity contribution in [2.75, 3.05) is 13.7 Å². The molecule has 0 atom stereocenters. The summed E-state index contributed by atoms with van der Waals surface area (Å²) in [6.07, 6.45) is 2.44. The molecule has 2 aromatic heterocycles. The fourth-order valence-corrected chi connectivity index (χ4v) is 3.48. The largest absolute Gasteiger partial charge is 0.496 e. The van der Waals surface area contributed by atoms with E-state index in [0.717, 1.165) is 16.8 Å². The van der Waals surface area contributed by atoms with Crippen molar-refractivity contribution in [3.8, 4) is 5.75 Å². The van der Waals surface area contributed by atoms with Crippen LogP contribution in [0.4, 0.5) is 0 Å². The second-order valence-electron chi connectivity index (χ2n) is 6.85. The van der Waals surface area contributed by atoms with Gasteiger partial charge in [-0.05, 0) is 18.2 Å². The minimum Gasteiger partial charge on any atom is -0.496 e. The number of aromatic nitrogens is 2. The highest BCUT2D eigenvalue weighted by atomic mass is 16.5. The lowest BCUT2D eigenvalue weighted by atomic mass is 10.0. The topological polar surface area (TPSA) is 100 Å². The van der Waals surface area contributed by atoms with Crippen LogP contribution >= 0.6 is 0 Å². The number of aromatic amines is 1. The number of H-pyrrole nitrogens is 1. The van der Waals surface area contributed by atoms with Crippen molar-refractivity contribution in [3.63, 3.8) is 0 Å². The number of methoxy groups -OCH3 is 1. The second-order valence-corrected chi connectivity index (χ2v) is 6.85. The van der Waals surface area contributed by atoms with Gasteiger partial charge >= 0.3 is 0 Å². The maximum absolute atomic E-state index is 12.9. The molecule has 0 aliphatic carbocycles. The van der Waals surface area contributed by atoms with Crippen LogP contribution in [0.3, 0.4) is 0 Å². The van der Waals surface area contributed by atoms with E-state index in [9.17, 15) is 9.59 Å². The first-order valence-electron chi connectivity index (χ1n) is 9.42. The van der Waals surface area contributed by atoms with E-state index in [1.54, 1.807) is 30.4 Å². The van der Waals surface area contributed by atoms with Crippen LogP contribution in [0.15, 0.2) is 47.1 Å². The van der Waals surface area contributed by atoms with Gasteiger partial charge in [-0.2, -0.15) is 5.10 Å². The molecule has 0 spiro atoms. The minimum absolute atomic E-state index is 0.0108. The molecule has 3 aromatic rings. The Kier molecular flexibility index (Phi) is 5.33. The summed E-state index contributed by atoms with van der Waals surface area (Å²) >= 11 is 0. The Hall–Kier alpha value is -3.55. The summed E-state index contributed by atoms with van der Waals surface area (Å²) < 4.78 is 10.6. The predicted molar refractivity (Wildman–Crippen MR) is 104 cm³/mol. The van der Waals surface area contributed by atoms with Crippen molar-refractivity contribution in [2.45, 2.75) is 25.9 Å². The summed E-state index contributed by atoms with van der Waals surface area (Å²) in [5, 5.41) is 9.91. The molecule has 0 unspecified atom stereocenters. The Labute approximate surface area is 167 Å². The number of benzene rings is 1. The third-order valence-corrected chi connectivity index (χ3v) is 5.04. The summed E-state index contributed by atoms with van der Waals surface area (Å²) in [6.45, 7) is 1.21. The molecule has 2 amide bonds.